The van der Waals surface area contributed by atoms with Crippen LogP contribution in [0.4, 0.5) is 0 Å². The van der Waals surface area contributed by atoms with Crippen LogP contribution in [0.5, 0.6) is 0 Å². The Balaban J connectivity index is 2.04. The molecule has 1 atom stereocenters. The fraction of sp³-hybridized carbons (Fsp3) is 0.600. The molecule has 0 radical (unpaired) electrons. The van der Waals surface area contributed by atoms with E-state index in [4.69, 9.17) is 0 Å². The highest BCUT2D eigenvalue weighted by Gasteiger charge is 2.31. The highest BCUT2D eigenvalue weighted by Crippen LogP contribution is 2.39. The Morgan fingerprint density at radius 1 is 1.42 bits per heavy atom. The molecule has 0 spiro atoms. The Morgan fingerprint density at radius 2 is 2.42 bits per heavy atom. The molecule has 3 heterocycles. The second kappa shape index (κ2) is 2.57. The lowest BCUT2D eigenvalue weighted by atomic mass is 10.0. The van der Waals surface area contributed by atoms with Crippen molar-refractivity contribution in [2.24, 2.45) is 0 Å². The SMILES string of the molecule is c1cc2c(s1)CCN1CCCC21. The van der Waals surface area contributed by atoms with Crippen molar-refractivity contribution in [3.8, 4) is 0 Å². The van der Waals surface area contributed by atoms with Crippen LogP contribution in [0.3, 0.4) is 0 Å². The maximum atomic E-state index is 2.65. The first-order chi connectivity index (χ1) is 5.95. The summed E-state index contributed by atoms with van der Waals surface area (Å²) in [5.41, 5.74) is 1.64. The molecule has 2 heteroatoms. The van der Waals surface area contributed by atoms with Crippen LogP contribution in [0.15, 0.2) is 11.4 Å². The van der Waals surface area contributed by atoms with Gasteiger partial charge in [-0.05, 0) is 42.8 Å². The second-order valence-corrected chi connectivity index (χ2v) is 4.74. The third-order valence-electron chi connectivity index (χ3n) is 3.13. The summed E-state index contributed by atoms with van der Waals surface area (Å²) in [7, 11) is 0. The summed E-state index contributed by atoms with van der Waals surface area (Å²) in [6.45, 7) is 2.64. The Labute approximate surface area is 77.0 Å². The summed E-state index contributed by atoms with van der Waals surface area (Å²) >= 11 is 1.95. The first-order valence-electron chi connectivity index (χ1n) is 4.75. The van der Waals surface area contributed by atoms with Gasteiger partial charge in [0, 0.05) is 17.5 Å². The predicted molar refractivity (Wildman–Crippen MR) is 51.6 cm³/mol. The van der Waals surface area contributed by atoms with Crippen molar-refractivity contribution in [2.75, 3.05) is 13.1 Å². The van der Waals surface area contributed by atoms with E-state index in [1.165, 1.54) is 32.4 Å². The van der Waals surface area contributed by atoms with Crippen molar-refractivity contribution in [3.05, 3.63) is 21.9 Å². The van der Waals surface area contributed by atoms with Gasteiger partial charge >= 0.3 is 0 Å². The Kier molecular flexibility index (Phi) is 1.52. The molecule has 1 nitrogen and oxygen atoms in total. The number of rotatable bonds is 0. The van der Waals surface area contributed by atoms with Crippen LogP contribution >= 0.6 is 11.3 Å². The Morgan fingerprint density at radius 3 is 3.42 bits per heavy atom. The average Bonchev–Trinajstić information content (AvgIpc) is 2.71. The Bertz CT molecular complexity index is 292. The molecule has 0 saturated carbocycles. The van der Waals surface area contributed by atoms with Crippen LogP contribution in [0.25, 0.3) is 0 Å². The first kappa shape index (κ1) is 7.10. The lowest BCUT2D eigenvalue weighted by molar-refractivity contribution is 0.246. The molecular formula is C10H13NS. The van der Waals surface area contributed by atoms with Gasteiger partial charge in [0.1, 0.15) is 0 Å². The molecule has 1 fully saturated rings. The molecule has 0 amide bonds. The van der Waals surface area contributed by atoms with Crippen molar-refractivity contribution in [1.29, 1.82) is 0 Å². The second-order valence-electron chi connectivity index (χ2n) is 3.74. The minimum Gasteiger partial charge on any atom is -0.296 e. The van der Waals surface area contributed by atoms with E-state index >= 15 is 0 Å². The summed E-state index contributed by atoms with van der Waals surface area (Å²) in [6.07, 6.45) is 4.09. The molecule has 0 aliphatic carbocycles. The normalized spacial score (nSPS) is 28.5. The number of fused-ring (bicyclic) bond motifs is 3. The van der Waals surface area contributed by atoms with Gasteiger partial charge in [-0.2, -0.15) is 0 Å². The lowest BCUT2D eigenvalue weighted by Gasteiger charge is -2.29. The fourth-order valence-corrected chi connectivity index (χ4v) is 3.47. The van der Waals surface area contributed by atoms with Gasteiger partial charge in [0.05, 0.1) is 0 Å². The zero-order valence-electron chi connectivity index (χ0n) is 7.12. The molecule has 1 aromatic heterocycles. The molecule has 0 aromatic carbocycles. The average molecular weight is 179 g/mol. The molecule has 0 N–H and O–H groups in total. The van der Waals surface area contributed by atoms with Gasteiger partial charge in [-0.25, -0.2) is 0 Å². The van der Waals surface area contributed by atoms with Crippen molar-refractivity contribution >= 4 is 11.3 Å². The van der Waals surface area contributed by atoms with Crippen LogP contribution < -0.4 is 0 Å². The molecule has 0 bridgehead atoms. The van der Waals surface area contributed by atoms with E-state index in [1.807, 2.05) is 11.3 Å². The third kappa shape index (κ3) is 0.882. The number of hydrogen-bond acceptors (Lipinski definition) is 2. The van der Waals surface area contributed by atoms with E-state index in [9.17, 15) is 0 Å². The molecule has 2 aliphatic rings. The lowest BCUT2D eigenvalue weighted by Crippen LogP contribution is -2.29. The van der Waals surface area contributed by atoms with Gasteiger partial charge in [-0.15, -0.1) is 11.3 Å². The minimum absolute atomic E-state index is 0.792. The van der Waals surface area contributed by atoms with Crippen molar-refractivity contribution in [2.45, 2.75) is 25.3 Å². The first-order valence-corrected chi connectivity index (χ1v) is 5.63. The topological polar surface area (TPSA) is 3.24 Å². The maximum absolute atomic E-state index is 2.65. The van der Waals surface area contributed by atoms with E-state index in [2.05, 4.69) is 16.3 Å². The van der Waals surface area contributed by atoms with Crippen LogP contribution in [-0.2, 0) is 6.42 Å². The summed E-state index contributed by atoms with van der Waals surface area (Å²) in [6, 6.07) is 3.13. The quantitative estimate of drug-likeness (QED) is 0.591. The van der Waals surface area contributed by atoms with Gasteiger partial charge in [0.25, 0.3) is 0 Å². The van der Waals surface area contributed by atoms with Gasteiger partial charge in [0.2, 0.25) is 0 Å². The van der Waals surface area contributed by atoms with Gasteiger partial charge < -0.3 is 0 Å². The fourth-order valence-electron chi connectivity index (χ4n) is 2.54. The zero-order chi connectivity index (χ0) is 7.97. The van der Waals surface area contributed by atoms with Crippen molar-refractivity contribution < 1.29 is 0 Å². The van der Waals surface area contributed by atoms with E-state index in [0.717, 1.165) is 6.04 Å². The molecule has 1 saturated heterocycles. The predicted octanol–water partition coefficient (Wildman–Crippen LogP) is 2.44. The van der Waals surface area contributed by atoms with E-state index in [1.54, 1.807) is 10.4 Å². The van der Waals surface area contributed by atoms with Crippen LogP contribution in [-0.4, -0.2) is 18.0 Å². The molecule has 2 aliphatic heterocycles. The number of thiophene rings is 1. The van der Waals surface area contributed by atoms with E-state index in [0.29, 0.717) is 0 Å². The zero-order valence-corrected chi connectivity index (χ0v) is 7.94. The van der Waals surface area contributed by atoms with Gasteiger partial charge in [-0.3, -0.25) is 4.90 Å². The largest absolute Gasteiger partial charge is 0.296 e. The van der Waals surface area contributed by atoms with Gasteiger partial charge in [-0.1, -0.05) is 0 Å². The number of nitrogens with zero attached hydrogens (tertiary/aromatic N) is 1. The van der Waals surface area contributed by atoms with Crippen molar-refractivity contribution in [1.82, 2.24) is 4.90 Å². The minimum atomic E-state index is 0.792. The number of hydrogen-bond donors (Lipinski definition) is 0. The van der Waals surface area contributed by atoms with Crippen LogP contribution in [0, 0.1) is 0 Å². The summed E-state index contributed by atoms with van der Waals surface area (Å²) < 4.78 is 0. The van der Waals surface area contributed by atoms with Crippen molar-refractivity contribution in [3.63, 3.8) is 0 Å². The van der Waals surface area contributed by atoms with E-state index < -0.39 is 0 Å². The summed E-state index contributed by atoms with van der Waals surface area (Å²) in [4.78, 5) is 4.30. The smallest absolute Gasteiger partial charge is 0.0359 e. The third-order valence-corrected chi connectivity index (χ3v) is 4.13. The molecule has 3 rings (SSSR count). The molecule has 1 unspecified atom stereocenters. The molecule has 12 heavy (non-hydrogen) atoms. The highest BCUT2D eigenvalue weighted by atomic mass is 32.1. The highest BCUT2D eigenvalue weighted by molar-refractivity contribution is 7.10. The van der Waals surface area contributed by atoms with Crippen LogP contribution in [0.2, 0.25) is 0 Å². The maximum Gasteiger partial charge on any atom is 0.0359 e. The standard InChI is InChI=1S/C10H13NS/c1-2-9-8-4-7-12-10(8)3-6-11(9)5-1/h4,7,9H,1-3,5-6H2. The van der Waals surface area contributed by atoms with Gasteiger partial charge in [0.15, 0.2) is 0 Å². The summed E-state index contributed by atoms with van der Waals surface area (Å²) in [5, 5.41) is 2.26. The van der Waals surface area contributed by atoms with E-state index in [-0.39, 0.29) is 0 Å². The van der Waals surface area contributed by atoms with Crippen LogP contribution in [0.1, 0.15) is 29.3 Å². The molecule has 64 valence electrons. The molecular weight excluding hydrogens is 166 g/mol. The Hall–Kier alpha value is -0.340. The monoisotopic (exact) mass is 179 g/mol. The summed E-state index contributed by atoms with van der Waals surface area (Å²) in [5.74, 6) is 0. The molecule has 1 aromatic rings.